The summed E-state index contributed by atoms with van der Waals surface area (Å²) in [5.41, 5.74) is 1.66. The number of ketones is 1. The minimum absolute atomic E-state index is 0.0305. The van der Waals surface area contributed by atoms with Crippen LogP contribution in [-0.2, 0) is 6.42 Å². The van der Waals surface area contributed by atoms with E-state index < -0.39 is 16.4 Å². The minimum atomic E-state index is -0.706. The Morgan fingerprint density at radius 2 is 2.12 bits per heavy atom. The Labute approximate surface area is 142 Å². The van der Waals surface area contributed by atoms with Crippen molar-refractivity contribution in [2.75, 3.05) is 7.11 Å². The van der Waals surface area contributed by atoms with Crippen LogP contribution in [-0.4, -0.2) is 22.9 Å². The summed E-state index contributed by atoms with van der Waals surface area (Å²) in [4.78, 5) is 22.8. The number of methoxy groups -OCH3 is 1. The number of carbonyl (C=O) groups excluding carboxylic acids is 1. The van der Waals surface area contributed by atoms with Gasteiger partial charge in [0, 0.05) is 28.6 Å². The van der Waals surface area contributed by atoms with Crippen molar-refractivity contribution in [2.45, 2.75) is 6.42 Å². The number of benzene rings is 2. The molecule has 0 saturated heterocycles. The molecule has 122 valence electrons. The lowest BCUT2D eigenvalue weighted by atomic mass is 10.1. The van der Waals surface area contributed by atoms with Crippen LogP contribution in [0.4, 0.5) is 5.69 Å². The summed E-state index contributed by atoms with van der Waals surface area (Å²) in [6.07, 6.45) is 1.90. The number of hydrogen-bond donors (Lipinski definition) is 1. The van der Waals surface area contributed by atoms with Crippen molar-refractivity contribution >= 4 is 29.1 Å². The molecule has 1 aliphatic carbocycles. The average Bonchev–Trinajstić information content (AvgIpc) is 2.86. The topological polar surface area (TPSA) is 89.7 Å². The van der Waals surface area contributed by atoms with Crippen molar-refractivity contribution in [3.63, 3.8) is 0 Å². The maximum absolute atomic E-state index is 12.5. The molecule has 1 N–H and O–H groups in total. The molecule has 0 unspecified atom stereocenters. The van der Waals surface area contributed by atoms with Gasteiger partial charge in [-0.25, -0.2) is 0 Å². The summed E-state index contributed by atoms with van der Waals surface area (Å²) in [7, 11) is 1.30. The number of aromatic hydroxyl groups is 1. The zero-order valence-electron chi connectivity index (χ0n) is 12.6. The van der Waals surface area contributed by atoms with Crippen LogP contribution in [0, 0.1) is 10.1 Å². The third kappa shape index (κ3) is 2.61. The second-order valence-electron chi connectivity index (χ2n) is 5.29. The van der Waals surface area contributed by atoms with E-state index in [9.17, 15) is 20.0 Å². The molecule has 1 aliphatic rings. The molecule has 7 heteroatoms. The number of carbonyl (C=O) groups is 1. The van der Waals surface area contributed by atoms with E-state index >= 15 is 0 Å². The van der Waals surface area contributed by atoms with Crippen molar-refractivity contribution in [3.8, 4) is 11.5 Å². The number of hydrogen-bond acceptors (Lipinski definition) is 5. The molecule has 0 atom stereocenters. The summed E-state index contributed by atoms with van der Waals surface area (Å²) in [5, 5.41) is 21.4. The largest absolute Gasteiger partial charge is 0.500 e. The van der Waals surface area contributed by atoms with Gasteiger partial charge in [-0.2, -0.15) is 0 Å². The quantitative estimate of drug-likeness (QED) is 0.519. The fourth-order valence-corrected chi connectivity index (χ4v) is 2.95. The van der Waals surface area contributed by atoms with Gasteiger partial charge in [0.15, 0.2) is 11.5 Å². The second-order valence-corrected chi connectivity index (χ2v) is 5.70. The standard InChI is InChI=1S/C17H12ClNO5/c1-24-15-7-9(6-14(17(15)21)19(22)23)5-10-8-12-11(16(10)20)3-2-4-13(12)18/h2-7,21H,8H2,1H3. The van der Waals surface area contributed by atoms with Gasteiger partial charge in [-0.3, -0.25) is 14.9 Å². The SMILES string of the molecule is COc1cc(C=C2Cc3c(Cl)cccc3C2=O)cc([N+](=O)[O-])c1O. The molecule has 0 aliphatic heterocycles. The Hall–Kier alpha value is -2.86. The van der Waals surface area contributed by atoms with Crippen LogP contribution in [0.1, 0.15) is 21.5 Å². The summed E-state index contributed by atoms with van der Waals surface area (Å²) < 4.78 is 4.96. The number of ether oxygens (including phenoxy) is 1. The van der Waals surface area contributed by atoms with Gasteiger partial charge in [-0.15, -0.1) is 0 Å². The maximum atomic E-state index is 12.5. The number of rotatable bonds is 3. The number of phenolic OH excluding ortho intramolecular Hbond substituents is 1. The van der Waals surface area contributed by atoms with E-state index in [0.29, 0.717) is 28.1 Å². The molecule has 2 aromatic carbocycles. The van der Waals surface area contributed by atoms with Crippen LogP contribution in [0.3, 0.4) is 0 Å². The summed E-state index contributed by atoms with van der Waals surface area (Å²) in [6, 6.07) is 7.75. The number of nitro groups is 1. The van der Waals surface area contributed by atoms with Gasteiger partial charge in [0.05, 0.1) is 12.0 Å². The van der Waals surface area contributed by atoms with Crippen LogP contribution in [0.25, 0.3) is 6.08 Å². The number of nitrogens with zero attached hydrogens (tertiary/aromatic N) is 1. The first kappa shape index (κ1) is 16.0. The van der Waals surface area contributed by atoms with E-state index in [4.69, 9.17) is 16.3 Å². The van der Waals surface area contributed by atoms with Gasteiger partial charge >= 0.3 is 5.69 Å². The molecule has 2 aromatic rings. The molecule has 0 radical (unpaired) electrons. The van der Waals surface area contributed by atoms with Gasteiger partial charge in [-0.05, 0) is 29.3 Å². The molecule has 0 saturated carbocycles. The molecule has 0 amide bonds. The van der Waals surface area contributed by atoms with Crippen molar-refractivity contribution in [1.82, 2.24) is 0 Å². The Balaban J connectivity index is 2.07. The number of nitro benzene ring substituents is 1. The number of allylic oxidation sites excluding steroid dienone is 1. The van der Waals surface area contributed by atoms with E-state index in [2.05, 4.69) is 0 Å². The molecule has 24 heavy (non-hydrogen) atoms. The summed E-state index contributed by atoms with van der Waals surface area (Å²) in [6.45, 7) is 0. The van der Waals surface area contributed by atoms with Crippen molar-refractivity contribution in [2.24, 2.45) is 0 Å². The third-order valence-electron chi connectivity index (χ3n) is 3.86. The first-order valence-corrected chi connectivity index (χ1v) is 7.38. The zero-order chi connectivity index (χ0) is 17.4. The van der Waals surface area contributed by atoms with Crippen LogP contribution < -0.4 is 4.74 Å². The molecule has 0 aromatic heterocycles. The van der Waals surface area contributed by atoms with Crippen molar-refractivity contribution < 1.29 is 19.6 Å². The summed E-state index contributed by atoms with van der Waals surface area (Å²) in [5.74, 6) is -0.743. The highest BCUT2D eigenvalue weighted by Gasteiger charge is 2.27. The lowest BCUT2D eigenvalue weighted by Crippen LogP contribution is -1.96. The molecule has 0 spiro atoms. The average molecular weight is 346 g/mol. The van der Waals surface area contributed by atoms with E-state index in [1.165, 1.54) is 19.2 Å². The molecule has 6 nitrogen and oxygen atoms in total. The number of halogens is 1. The first-order chi connectivity index (χ1) is 11.4. The summed E-state index contributed by atoms with van der Waals surface area (Å²) >= 11 is 6.12. The van der Waals surface area contributed by atoms with Gasteiger partial charge in [0.2, 0.25) is 5.75 Å². The fraction of sp³-hybridized carbons (Fsp3) is 0.118. The second kappa shape index (κ2) is 5.98. The Morgan fingerprint density at radius 3 is 2.75 bits per heavy atom. The predicted molar refractivity (Wildman–Crippen MR) is 88.8 cm³/mol. The zero-order valence-corrected chi connectivity index (χ0v) is 13.3. The van der Waals surface area contributed by atoms with Gasteiger partial charge in [0.25, 0.3) is 0 Å². The normalized spacial score (nSPS) is 14.8. The lowest BCUT2D eigenvalue weighted by Gasteiger charge is -2.06. The molecule has 0 fully saturated rings. The predicted octanol–water partition coefficient (Wildman–Crippen LogP) is 3.78. The van der Waals surface area contributed by atoms with Gasteiger partial charge < -0.3 is 9.84 Å². The van der Waals surface area contributed by atoms with Gasteiger partial charge in [-0.1, -0.05) is 23.7 Å². The smallest absolute Gasteiger partial charge is 0.315 e. The fourth-order valence-electron chi connectivity index (χ4n) is 2.70. The van der Waals surface area contributed by atoms with Crippen LogP contribution in [0.15, 0.2) is 35.9 Å². The third-order valence-corrected chi connectivity index (χ3v) is 4.21. The van der Waals surface area contributed by atoms with Crippen LogP contribution in [0.5, 0.6) is 11.5 Å². The van der Waals surface area contributed by atoms with E-state index in [1.54, 1.807) is 24.3 Å². The van der Waals surface area contributed by atoms with Gasteiger partial charge in [0.1, 0.15) is 0 Å². The minimum Gasteiger partial charge on any atom is -0.500 e. The van der Waals surface area contributed by atoms with Crippen LogP contribution >= 0.6 is 11.6 Å². The highest BCUT2D eigenvalue weighted by atomic mass is 35.5. The first-order valence-electron chi connectivity index (χ1n) is 7.00. The van der Waals surface area contributed by atoms with E-state index in [1.807, 2.05) is 0 Å². The van der Waals surface area contributed by atoms with Crippen molar-refractivity contribution in [3.05, 3.63) is 67.7 Å². The molecular formula is C17H12ClNO5. The van der Waals surface area contributed by atoms with E-state index in [0.717, 1.165) is 5.56 Å². The van der Waals surface area contributed by atoms with Crippen molar-refractivity contribution in [1.29, 1.82) is 0 Å². The van der Waals surface area contributed by atoms with E-state index in [-0.39, 0.29) is 11.5 Å². The highest BCUT2D eigenvalue weighted by Crippen LogP contribution is 2.38. The molecule has 0 heterocycles. The lowest BCUT2D eigenvalue weighted by molar-refractivity contribution is -0.386. The Bertz CT molecular complexity index is 904. The molecule has 3 rings (SSSR count). The highest BCUT2D eigenvalue weighted by molar-refractivity contribution is 6.33. The number of phenols is 1. The molecular weight excluding hydrogens is 334 g/mol. The monoisotopic (exact) mass is 345 g/mol. The molecule has 0 bridgehead atoms. The van der Waals surface area contributed by atoms with Crippen LogP contribution in [0.2, 0.25) is 5.02 Å². The Morgan fingerprint density at radius 1 is 1.38 bits per heavy atom. The maximum Gasteiger partial charge on any atom is 0.315 e. The Kier molecular flexibility index (Phi) is 3.99. The number of Topliss-reactive ketones (excluding diaryl/α,β-unsaturated/α-hetero) is 1. The number of fused-ring (bicyclic) bond motifs is 1.